The second-order valence-electron chi connectivity index (χ2n) is 6.35. The van der Waals surface area contributed by atoms with E-state index >= 15 is 0 Å². The van der Waals surface area contributed by atoms with E-state index in [-0.39, 0.29) is 12.0 Å². The van der Waals surface area contributed by atoms with Gasteiger partial charge >= 0.3 is 0 Å². The van der Waals surface area contributed by atoms with E-state index in [2.05, 4.69) is 13.8 Å². The topological polar surface area (TPSA) is 40.5 Å². The van der Waals surface area contributed by atoms with Gasteiger partial charge in [-0.05, 0) is 49.7 Å². The third-order valence-electron chi connectivity index (χ3n) is 5.19. The minimum Gasteiger partial charge on any atom is -0.396 e. The molecule has 2 nitrogen and oxygen atoms in total. The third-order valence-corrected chi connectivity index (χ3v) is 6.44. The van der Waals surface area contributed by atoms with E-state index in [0.29, 0.717) is 0 Å². The molecule has 1 unspecified atom stereocenters. The van der Waals surface area contributed by atoms with E-state index in [0.717, 1.165) is 55.4 Å². The number of aliphatic hydroxyl groups excluding tert-OH is 1. The lowest BCUT2D eigenvalue weighted by Gasteiger charge is -2.48. The number of hydrogen-bond acceptors (Lipinski definition) is 3. The van der Waals surface area contributed by atoms with Crippen LogP contribution in [0, 0.1) is 17.3 Å². The van der Waals surface area contributed by atoms with Gasteiger partial charge in [-0.2, -0.15) is 11.8 Å². The zero-order valence-corrected chi connectivity index (χ0v) is 11.9. The van der Waals surface area contributed by atoms with Crippen LogP contribution in [-0.2, 0) is 0 Å². The Balaban J connectivity index is 2.05. The van der Waals surface area contributed by atoms with E-state index in [1.165, 1.54) is 0 Å². The van der Waals surface area contributed by atoms with Crippen LogP contribution in [0.4, 0.5) is 0 Å². The number of hydrogen-bond donors (Lipinski definition) is 2. The molecule has 0 amide bonds. The molecule has 0 radical (unpaired) electrons. The van der Waals surface area contributed by atoms with E-state index in [9.17, 15) is 10.2 Å². The quantitative estimate of drug-likeness (QED) is 0.817. The van der Waals surface area contributed by atoms with E-state index in [1.807, 2.05) is 11.8 Å². The molecule has 1 atom stereocenters. The Morgan fingerprint density at radius 1 is 1.24 bits per heavy atom. The van der Waals surface area contributed by atoms with Crippen LogP contribution in [0.2, 0.25) is 0 Å². The van der Waals surface area contributed by atoms with Gasteiger partial charge in [0.05, 0.1) is 12.2 Å². The maximum Gasteiger partial charge on any atom is 0.0734 e. The molecule has 0 bridgehead atoms. The standard InChI is InChI=1S/C14H26O2S/c1-11(2)12-3-5-14(16,6-4-12)13(9-15)7-8-17-10-13/h11-12,15-16H,3-10H2,1-2H3. The molecule has 1 saturated carbocycles. The molecule has 0 aromatic rings. The molecular formula is C14H26O2S. The first-order valence-electron chi connectivity index (χ1n) is 6.94. The zero-order valence-electron chi connectivity index (χ0n) is 11.1. The van der Waals surface area contributed by atoms with Crippen LogP contribution in [0.5, 0.6) is 0 Å². The molecule has 0 aromatic carbocycles. The fourth-order valence-electron chi connectivity index (χ4n) is 3.56. The molecular weight excluding hydrogens is 232 g/mol. The molecule has 0 aromatic heterocycles. The van der Waals surface area contributed by atoms with Crippen molar-refractivity contribution in [3.8, 4) is 0 Å². The van der Waals surface area contributed by atoms with Gasteiger partial charge in [-0.15, -0.1) is 0 Å². The van der Waals surface area contributed by atoms with Crippen LogP contribution in [0.25, 0.3) is 0 Å². The summed E-state index contributed by atoms with van der Waals surface area (Å²) in [6.07, 6.45) is 5.01. The van der Waals surface area contributed by atoms with Gasteiger partial charge in [0.15, 0.2) is 0 Å². The monoisotopic (exact) mass is 258 g/mol. The maximum absolute atomic E-state index is 10.9. The van der Waals surface area contributed by atoms with Crippen LogP contribution < -0.4 is 0 Å². The normalized spacial score (nSPS) is 43.2. The van der Waals surface area contributed by atoms with Crippen LogP contribution >= 0.6 is 11.8 Å². The summed E-state index contributed by atoms with van der Waals surface area (Å²) in [7, 11) is 0. The Labute approximate surface area is 109 Å². The minimum atomic E-state index is -0.601. The number of aliphatic hydroxyl groups is 2. The van der Waals surface area contributed by atoms with Crippen molar-refractivity contribution in [2.24, 2.45) is 17.3 Å². The molecule has 17 heavy (non-hydrogen) atoms. The summed E-state index contributed by atoms with van der Waals surface area (Å²) in [5, 5.41) is 20.7. The predicted molar refractivity (Wildman–Crippen MR) is 73.2 cm³/mol. The van der Waals surface area contributed by atoms with Crippen molar-refractivity contribution in [1.82, 2.24) is 0 Å². The lowest BCUT2D eigenvalue weighted by Crippen LogP contribution is -2.53. The van der Waals surface area contributed by atoms with Gasteiger partial charge < -0.3 is 10.2 Å². The predicted octanol–water partition coefficient (Wildman–Crippen LogP) is 2.68. The van der Waals surface area contributed by atoms with Crippen molar-refractivity contribution in [2.45, 2.75) is 51.6 Å². The molecule has 1 heterocycles. The Morgan fingerprint density at radius 2 is 1.88 bits per heavy atom. The molecule has 0 spiro atoms. The van der Waals surface area contributed by atoms with Crippen molar-refractivity contribution < 1.29 is 10.2 Å². The Hall–Kier alpha value is 0.270. The van der Waals surface area contributed by atoms with Crippen LogP contribution in [0.3, 0.4) is 0 Å². The van der Waals surface area contributed by atoms with E-state index in [4.69, 9.17) is 0 Å². The summed E-state index contributed by atoms with van der Waals surface area (Å²) < 4.78 is 0. The highest BCUT2D eigenvalue weighted by Gasteiger charge is 2.52. The van der Waals surface area contributed by atoms with Crippen molar-refractivity contribution in [2.75, 3.05) is 18.1 Å². The Bertz CT molecular complexity index is 251. The van der Waals surface area contributed by atoms with Crippen LogP contribution in [0.15, 0.2) is 0 Å². The second-order valence-corrected chi connectivity index (χ2v) is 7.46. The first-order valence-corrected chi connectivity index (χ1v) is 8.09. The highest BCUT2D eigenvalue weighted by atomic mass is 32.2. The SMILES string of the molecule is CC(C)C1CCC(O)(C2(CO)CCSC2)CC1. The highest BCUT2D eigenvalue weighted by molar-refractivity contribution is 7.99. The molecule has 1 aliphatic heterocycles. The molecule has 2 aliphatic rings. The average Bonchev–Trinajstić information content (AvgIpc) is 2.79. The van der Waals surface area contributed by atoms with Crippen LogP contribution in [0.1, 0.15) is 46.0 Å². The summed E-state index contributed by atoms with van der Waals surface area (Å²) in [4.78, 5) is 0. The molecule has 2 N–H and O–H groups in total. The van der Waals surface area contributed by atoms with E-state index in [1.54, 1.807) is 0 Å². The van der Waals surface area contributed by atoms with Gasteiger partial charge in [0.25, 0.3) is 0 Å². The largest absolute Gasteiger partial charge is 0.396 e. The maximum atomic E-state index is 10.9. The van der Waals surface area contributed by atoms with Gasteiger partial charge in [0.2, 0.25) is 0 Å². The van der Waals surface area contributed by atoms with Gasteiger partial charge in [-0.1, -0.05) is 13.8 Å². The smallest absolute Gasteiger partial charge is 0.0734 e. The first-order chi connectivity index (χ1) is 8.03. The second kappa shape index (κ2) is 5.10. The third kappa shape index (κ3) is 2.39. The van der Waals surface area contributed by atoms with Crippen molar-refractivity contribution >= 4 is 11.8 Å². The van der Waals surface area contributed by atoms with Gasteiger partial charge in [-0.3, -0.25) is 0 Å². The lowest BCUT2D eigenvalue weighted by atomic mass is 9.62. The number of rotatable bonds is 3. The Kier molecular flexibility index (Phi) is 4.11. The lowest BCUT2D eigenvalue weighted by molar-refractivity contribution is -0.126. The molecule has 1 saturated heterocycles. The minimum absolute atomic E-state index is 0.156. The molecule has 2 fully saturated rings. The van der Waals surface area contributed by atoms with Crippen molar-refractivity contribution in [3.05, 3.63) is 0 Å². The molecule has 2 rings (SSSR count). The Morgan fingerprint density at radius 3 is 2.29 bits per heavy atom. The average molecular weight is 258 g/mol. The summed E-state index contributed by atoms with van der Waals surface area (Å²) >= 11 is 1.88. The summed E-state index contributed by atoms with van der Waals surface area (Å²) in [6.45, 7) is 4.72. The summed E-state index contributed by atoms with van der Waals surface area (Å²) in [5.41, 5.74) is -0.809. The summed E-state index contributed by atoms with van der Waals surface area (Å²) in [5.74, 6) is 3.52. The fraction of sp³-hybridized carbons (Fsp3) is 1.00. The van der Waals surface area contributed by atoms with Crippen molar-refractivity contribution in [3.63, 3.8) is 0 Å². The zero-order chi connectivity index (χ0) is 12.5. The van der Waals surface area contributed by atoms with Crippen molar-refractivity contribution in [1.29, 1.82) is 0 Å². The van der Waals surface area contributed by atoms with Gasteiger partial charge in [0.1, 0.15) is 0 Å². The molecule has 1 aliphatic carbocycles. The van der Waals surface area contributed by atoms with Gasteiger partial charge in [0, 0.05) is 11.2 Å². The summed E-state index contributed by atoms with van der Waals surface area (Å²) in [6, 6.07) is 0. The number of thioether (sulfide) groups is 1. The molecule has 3 heteroatoms. The van der Waals surface area contributed by atoms with Gasteiger partial charge in [-0.25, -0.2) is 0 Å². The van der Waals surface area contributed by atoms with E-state index < -0.39 is 5.60 Å². The highest BCUT2D eigenvalue weighted by Crippen LogP contribution is 2.51. The molecule has 100 valence electrons. The fourth-order valence-corrected chi connectivity index (χ4v) is 5.14. The first kappa shape index (κ1) is 13.7. The van der Waals surface area contributed by atoms with Crippen LogP contribution in [-0.4, -0.2) is 33.9 Å².